The van der Waals surface area contributed by atoms with Gasteiger partial charge in [-0.1, -0.05) is 6.07 Å². The molecule has 1 aliphatic rings. The number of nitrogens with zero attached hydrogens (tertiary/aromatic N) is 2. The van der Waals surface area contributed by atoms with Gasteiger partial charge in [0.15, 0.2) is 0 Å². The van der Waals surface area contributed by atoms with E-state index in [0.717, 1.165) is 12.1 Å². The highest BCUT2D eigenvalue weighted by Crippen LogP contribution is 2.32. The van der Waals surface area contributed by atoms with Crippen LogP contribution in [0, 0.1) is 10.1 Å². The minimum absolute atomic E-state index is 0.205. The highest BCUT2D eigenvalue weighted by molar-refractivity contribution is 7.89. The Bertz CT molecular complexity index is 698. The summed E-state index contributed by atoms with van der Waals surface area (Å²) >= 11 is 0. The zero-order valence-electron chi connectivity index (χ0n) is 12.0. The number of alkyl halides is 2. The molecule has 2 rings (SSSR count). The largest absolute Gasteiger partial charge is 0.374 e. The molecule has 0 aromatic heterocycles. The zero-order valence-corrected chi connectivity index (χ0v) is 12.8. The number of nitro benzene ring substituents is 1. The number of nitrogens with two attached hydrogens (primary N) is 1. The Balaban J connectivity index is 2.27. The van der Waals surface area contributed by atoms with Gasteiger partial charge in [-0.15, -0.1) is 0 Å². The Hall–Kier alpha value is -1.85. The van der Waals surface area contributed by atoms with Crippen molar-refractivity contribution >= 4 is 21.4 Å². The van der Waals surface area contributed by atoms with Crippen molar-refractivity contribution in [1.29, 1.82) is 0 Å². The molecule has 0 bridgehead atoms. The molecule has 1 atom stereocenters. The van der Waals surface area contributed by atoms with Gasteiger partial charge in [-0.3, -0.25) is 15.0 Å². The van der Waals surface area contributed by atoms with Crippen LogP contribution < -0.4 is 10.5 Å². The van der Waals surface area contributed by atoms with Gasteiger partial charge in [0, 0.05) is 25.2 Å². The number of nitrogens with one attached hydrogen (secondary N) is 1. The number of primary sulfonamides is 1. The van der Waals surface area contributed by atoms with E-state index in [4.69, 9.17) is 5.14 Å². The van der Waals surface area contributed by atoms with E-state index in [2.05, 4.69) is 5.32 Å². The highest BCUT2D eigenvalue weighted by Gasteiger charge is 2.29. The van der Waals surface area contributed by atoms with Crippen LogP contribution in [0.15, 0.2) is 23.1 Å². The first-order chi connectivity index (χ1) is 10.7. The smallest absolute Gasteiger partial charge is 0.293 e. The number of sulfonamides is 1. The van der Waals surface area contributed by atoms with Crippen molar-refractivity contribution in [3.8, 4) is 0 Å². The average Bonchev–Trinajstić information content (AvgIpc) is 2.83. The van der Waals surface area contributed by atoms with Crippen molar-refractivity contribution in [2.24, 2.45) is 5.14 Å². The van der Waals surface area contributed by atoms with Crippen molar-refractivity contribution in [2.45, 2.75) is 23.8 Å². The van der Waals surface area contributed by atoms with E-state index < -0.39 is 33.6 Å². The van der Waals surface area contributed by atoms with Gasteiger partial charge in [-0.05, 0) is 12.5 Å². The number of nitro groups is 1. The van der Waals surface area contributed by atoms with E-state index in [9.17, 15) is 27.3 Å². The second-order valence-corrected chi connectivity index (χ2v) is 6.76. The average molecular weight is 350 g/mol. The molecule has 8 nitrogen and oxygen atoms in total. The molecule has 1 heterocycles. The molecule has 23 heavy (non-hydrogen) atoms. The lowest BCUT2D eigenvalue weighted by molar-refractivity contribution is -0.384. The molecule has 1 fully saturated rings. The molecule has 0 unspecified atom stereocenters. The lowest BCUT2D eigenvalue weighted by Gasteiger charge is -2.18. The number of likely N-dealkylation sites (tertiary alicyclic amines) is 1. The number of para-hydroxylation sites is 1. The van der Waals surface area contributed by atoms with E-state index in [0.29, 0.717) is 13.0 Å². The van der Waals surface area contributed by atoms with E-state index in [1.54, 1.807) is 0 Å². The molecular weight excluding hydrogens is 334 g/mol. The van der Waals surface area contributed by atoms with Crippen LogP contribution in [0.4, 0.5) is 20.2 Å². The van der Waals surface area contributed by atoms with Crippen LogP contribution in [-0.2, 0) is 10.0 Å². The van der Waals surface area contributed by atoms with E-state index >= 15 is 0 Å². The highest BCUT2D eigenvalue weighted by atomic mass is 32.2. The minimum Gasteiger partial charge on any atom is -0.374 e. The van der Waals surface area contributed by atoms with Crippen molar-refractivity contribution < 1.29 is 22.1 Å². The quantitative estimate of drug-likeness (QED) is 0.583. The third-order valence-electron chi connectivity index (χ3n) is 3.52. The van der Waals surface area contributed by atoms with Crippen LogP contribution in [0.2, 0.25) is 0 Å². The fraction of sp³-hybridized carbons (Fsp3) is 0.500. The first-order valence-electron chi connectivity index (χ1n) is 6.75. The Kier molecular flexibility index (Phi) is 5.12. The molecule has 11 heteroatoms. The maximum Gasteiger partial charge on any atom is 0.293 e. The van der Waals surface area contributed by atoms with Gasteiger partial charge in [0.25, 0.3) is 12.1 Å². The molecule has 0 aliphatic carbocycles. The summed E-state index contributed by atoms with van der Waals surface area (Å²) in [6.45, 7) is 0.241. The fourth-order valence-electron chi connectivity index (χ4n) is 2.57. The van der Waals surface area contributed by atoms with Crippen molar-refractivity contribution in [1.82, 2.24) is 4.90 Å². The van der Waals surface area contributed by atoms with Gasteiger partial charge < -0.3 is 5.32 Å². The maximum atomic E-state index is 12.4. The van der Waals surface area contributed by atoms with Gasteiger partial charge in [0.1, 0.15) is 10.6 Å². The van der Waals surface area contributed by atoms with Crippen LogP contribution in [0.25, 0.3) is 0 Å². The summed E-state index contributed by atoms with van der Waals surface area (Å²) in [5.74, 6) is 0. The second kappa shape index (κ2) is 6.72. The summed E-state index contributed by atoms with van der Waals surface area (Å²) in [5, 5.41) is 19.0. The summed E-state index contributed by atoms with van der Waals surface area (Å²) in [6.07, 6.45) is -2.01. The summed E-state index contributed by atoms with van der Waals surface area (Å²) in [7, 11) is -4.16. The van der Waals surface area contributed by atoms with Crippen LogP contribution >= 0.6 is 0 Å². The number of benzene rings is 1. The molecule has 1 aliphatic heterocycles. The Labute approximate surface area is 131 Å². The van der Waals surface area contributed by atoms with Crippen LogP contribution in [0.1, 0.15) is 6.42 Å². The molecule has 0 radical (unpaired) electrons. The van der Waals surface area contributed by atoms with E-state index in [1.165, 1.54) is 11.0 Å². The Morgan fingerprint density at radius 3 is 2.74 bits per heavy atom. The standard InChI is InChI=1S/C12H16F2N4O4S/c13-11(14)7-17-5-4-8(6-17)16-12-9(18(19)20)2-1-3-10(12)23(15,21)22/h1-3,8,11,16H,4-7H2,(H2,15,21,22)/t8-/m1/s1. The number of hydrogen-bond donors (Lipinski definition) is 2. The summed E-state index contributed by atoms with van der Waals surface area (Å²) in [5.41, 5.74) is -0.632. The molecule has 128 valence electrons. The third-order valence-corrected chi connectivity index (χ3v) is 4.48. The lowest BCUT2D eigenvalue weighted by atomic mass is 10.2. The summed E-state index contributed by atoms with van der Waals surface area (Å²) in [4.78, 5) is 11.5. The number of rotatable bonds is 6. The SMILES string of the molecule is NS(=O)(=O)c1cccc([N+](=O)[O-])c1N[C@@H]1CCN(CC(F)F)C1. The molecule has 0 amide bonds. The van der Waals surface area contributed by atoms with E-state index in [-0.39, 0.29) is 23.2 Å². The summed E-state index contributed by atoms with van der Waals surface area (Å²) < 4.78 is 48.0. The predicted octanol–water partition coefficient (Wildman–Crippen LogP) is 0.993. The van der Waals surface area contributed by atoms with Gasteiger partial charge >= 0.3 is 0 Å². The minimum atomic E-state index is -4.16. The first kappa shape index (κ1) is 17.5. The van der Waals surface area contributed by atoms with Gasteiger partial charge in [-0.25, -0.2) is 22.3 Å². The predicted molar refractivity (Wildman–Crippen MR) is 78.9 cm³/mol. The lowest BCUT2D eigenvalue weighted by Crippen LogP contribution is -2.30. The molecule has 1 aromatic carbocycles. The topological polar surface area (TPSA) is 119 Å². The summed E-state index contributed by atoms with van der Waals surface area (Å²) in [6, 6.07) is 3.16. The molecular formula is C12H16F2N4O4S. The fourth-order valence-corrected chi connectivity index (χ4v) is 3.29. The third kappa shape index (κ3) is 4.33. The Morgan fingerprint density at radius 2 is 2.17 bits per heavy atom. The second-order valence-electron chi connectivity index (χ2n) is 5.23. The zero-order chi connectivity index (χ0) is 17.2. The number of anilines is 1. The van der Waals surface area contributed by atoms with Crippen molar-refractivity contribution in [3.63, 3.8) is 0 Å². The number of hydrogen-bond acceptors (Lipinski definition) is 6. The van der Waals surface area contributed by atoms with Crippen LogP contribution in [0.3, 0.4) is 0 Å². The Morgan fingerprint density at radius 1 is 1.48 bits per heavy atom. The van der Waals surface area contributed by atoms with Gasteiger partial charge in [-0.2, -0.15) is 0 Å². The van der Waals surface area contributed by atoms with E-state index in [1.807, 2.05) is 0 Å². The van der Waals surface area contributed by atoms with Crippen LogP contribution in [0.5, 0.6) is 0 Å². The first-order valence-corrected chi connectivity index (χ1v) is 8.30. The molecule has 0 spiro atoms. The van der Waals surface area contributed by atoms with Crippen LogP contribution in [-0.4, -0.2) is 50.3 Å². The van der Waals surface area contributed by atoms with Crippen molar-refractivity contribution in [3.05, 3.63) is 28.3 Å². The monoisotopic (exact) mass is 350 g/mol. The van der Waals surface area contributed by atoms with Gasteiger partial charge in [0.05, 0.1) is 11.5 Å². The number of halogens is 2. The normalized spacial score (nSPS) is 19.2. The molecule has 1 aromatic rings. The molecule has 1 saturated heterocycles. The molecule has 3 N–H and O–H groups in total. The van der Waals surface area contributed by atoms with Gasteiger partial charge in [0.2, 0.25) is 10.0 Å². The maximum absolute atomic E-state index is 12.4. The van der Waals surface area contributed by atoms with Crippen molar-refractivity contribution in [2.75, 3.05) is 25.0 Å². The molecule has 0 saturated carbocycles.